The fourth-order valence-corrected chi connectivity index (χ4v) is 1.35. The van der Waals surface area contributed by atoms with Gasteiger partial charge in [0.2, 0.25) is 5.78 Å². The van der Waals surface area contributed by atoms with Crippen molar-refractivity contribution in [2.45, 2.75) is 6.61 Å². The molecule has 1 aromatic carbocycles. The highest BCUT2D eigenvalue weighted by Crippen LogP contribution is 2.12. The number of carbonyl (C=O) groups excluding carboxylic acids is 1. The number of benzene rings is 1. The second kappa shape index (κ2) is 5.32. The van der Waals surface area contributed by atoms with Gasteiger partial charge in [0, 0.05) is 0 Å². The first-order valence-electron chi connectivity index (χ1n) is 5.19. The number of hydrogen-bond donors (Lipinski definition) is 1. The highest BCUT2D eigenvalue weighted by atomic mass is 16.5. The molecule has 0 fully saturated rings. The zero-order chi connectivity index (χ0) is 12.1. The molecule has 2 aromatic rings. The van der Waals surface area contributed by atoms with Crippen molar-refractivity contribution in [2.24, 2.45) is 0 Å². The number of aliphatic hydroxyl groups is 1. The molecule has 0 aliphatic rings. The van der Waals surface area contributed by atoms with Gasteiger partial charge in [-0.25, -0.2) is 0 Å². The predicted octanol–water partition coefficient (Wildman–Crippen LogP) is 2.03. The third kappa shape index (κ3) is 2.95. The van der Waals surface area contributed by atoms with E-state index in [1.807, 2.05) is 0 Å². The molecular formula is C13H12O4. The number of hydrogen-bond acceptors (Lipinski definition) is 4. The van der Waals surface area contributed by atoms with Crippen molar-refractivity contribution in [3.63, 3.8) is 0 Å². The van der Waals surface area contributed by atoms with Gasteiger partial charge >= 0.3 is 0 Å². The molecule has 88 valence electrons. The topological polar surface area (TPSA) is 59.7 Å². The number of rotatable bonds is 5. The molecule has 0 atom stereocenters. The Kier molecular flexibility index (Phi) is 3.57. The Balaban J connectivity index is 1.91. The van der Waals surface area contributed by atoms with Crippen LogP contribution < -0.4 is 4.74 Å². The fourth-order valence-electron chi connectivity index (χ4n) is 1.35. The average molecular weight is 232 g/mol. The van der Waals surface area contributed by atoms with E-state index in [1.165, 1.54) is 6.26 Å². The lowest BCUT2D eigenvalue weighted by atomic mass is 10.2. The van der Waals surface area contributed by atoms with E-state index in [9.17, 15) is 4.79 Å². The normalized spacial score (nSPS) is 10.2. The van der Waals surface area contributed by atoms with Gasteiger partial charge in [0.15, 0.2) is 12.4 Å². The van der Waals surface area contributed by atoms with Crippen molar-refractivity contribution in [3.05, 3.63) is 54.0 Å². The molecule has 17 heavy (non-hydrogen) atoms. The van der Waals surface area contributed by atoms with Crippen LogP contribution in [0.3, 0.4) is 0 Å². The maximum Gasteiger partial charge on any atom is 0.235 e. The summed E-state index contributed by atoms with van der Waals surface area (Å²) >= 11 is 0. The standard InChI is InChI=1S/C13H12O4/c14-8-10-3-5-11(6-4-10)17-9-12(15)13-2-1-7-16-13/h1-7,14H,8-9H2. The lowest BCUT2D eigenvalue weighted by molar-refractivity contribution is 0.0893. The molecule has 0 radical (unpaired) electrons. The summed E-state index contributed by atoms with van der Waals surface area (Å²) in [4.78, 5) is 11.5. The van der Waals surface area contributed by atoms with Crippen molar-refractivity contribution in [1.29, 1.82) is 0 Å². The zero-order valence-electron chi connectivity index (χ0n) is 9.13. The van der Waals surface area contributed by atoms with Crippen LogP contribution >= 0.6 is 0 Å². The Hall–Kier alpha value is -2.07. The summed E-state index contributed by atoms with van der Waals surface area (Å²) in [6.45, 7) is -0.0718. The van der Waals surface area contributed by atoms with E-state index in [-0.39, 0.29) is 24.8 Å². The Labute approximate surface area is 98.4 Å². The van der Waals surface area contributed by atoms with Crippen molar-refractivity contribution in [3.8, 4) is 5.75 Å². The van der Waals surface area contributed by atoms with Crippen LogP contribution in [-0.2, 0) is 6.61 Å². The molecular weight excluding hydrogens is 220 g/mol. The van der Waals surface area contributed by atoms with E-state index < -0.39 is 0 Å². The second-order valence-electron chi connectivity index (χ2n) is 3.49. The summed E-state index contributed by atoms with van der Waals surface area (Å²) in [5.74, 6) is 0.667. The van der Waals surface area contributed by atoms with E-state index in [0.29, 0.717) is 5.75 Å². The van der Waals surface area contributed by atoms with Gasteiger partial charge in [-0.3, -0.25) is 4.79 Å². The number of carbonyl (C=O) groups is 1. The minimum Gasteiger partial charge on any atom is -0.485 e. The van der Waals surface area contributed by atoms with Gasteiger partial charge < -0.3 is 14.3 Å². The molecule has 0 bridgehead atoms. The second-order valence-corrected chi connectivity index (χ2v) is 3.49. The van der Waals surface area contributed by atoms with Crippen molar-refractivity contribution in [2.75, 3.05) is 6.61 Å². The zero-order valence-corrected chi connectivity index (χ0v) is 9.13. The van der Waals surface area contributed by atoms with Crippen molar-refractivity contribution >= 4 is 5.78 Å². The smallest absolute Gasteiger partial charge is 0.235 e. The summed E-state index contributed by atoms with van der Waals surface area (Å²) in [6.07, 6.45) is 1.45. The molecule has 1 N–H and O–H groups in total. The number of aliphatic hydroxyl groups excluding tert-OH is 1. The first kappa shape index (κ1) is 11.4. The van der Waals surface area contributed by atoms with Crippen LogP contribution in [0, 0.1) is 0 Å². The molecule has 0 aliphatic carbocycles. The lowest BCUT2D eigenvalue weighted by Crippen LogP contribution is -2.10. The third-order valence-electron chi connectivity index (χ3n) is 2.27. The van der Waals surface area contributed by atoms with Gasteiger partial charge in [-0.1, -0.05) is 12.1 Å². The molecule has 0 amide bonds. The van der Waals surface area contributed by atoms with Gasteiger partial charge in [-0.2, -0.15) is 0 Å². The molecule has 0 spiro atoms. The van der Waals surface area contributed by atoms with Crippen LogP contribution in [0.5, 0.6) is 5.75 Å². The molecule has 4 heteroatoms. The lowest BCUT2D eigenvalue weighted by Gasteiger charge is -2.04. The minimum atomic E-state index is -0.207. The fraction of sp³-hybridized carbons (Fsp3) is 0.154. The minimum absolute atomic E-state index is 0.00833. The highest BCUT2D eigenvalue weighted by Gasteiger charge is 2.09. The Morgan fingerprint density at radius 3 is 2.59 bits per heavy atom. The maximum absolute atomic E-state index is 11.5. The van der Waals surface area contributed by atoms with Crippen LogP contribution in [-0.4, -0.2) is 17.5 Å². The van der Waals surface area contributed by atoms with Crippen LogP contribution in [0.2, 0.25) is 0 Å². The summed E-state index contributed by atoms with van der Waals surface area (Å²) in [7, 11) is 0. The molecule has 2 rings (SSSR count). The van der Waals surface area contributed by atoms with Crippen molar-refractivity contribution in [1.82, 2.24) is 0 Å². The van der Waals surface area contributed by atoms with Crippen LogP contribution in [0.1, 0.15) is 16.1 Å². The first-order chi connectivity index (χ1) is 8.29. The number of furan rings is 1. The Morgan fingerprint density at radius 2 is 2.00 bits per heavy atom. The van der Waals surface area contributed by atoms with E-state index >= 15 is 0 Å². The summed E-state index contributed by atoms with van der Waals surface area (Å²) in [6, 6.07) is 10.2. The van der Waals surface area contributed by atoms with E-state index in [0.717, 1.165) is 5.56 Å². The molecule has 1 heterocycles. The Morgan fingerprint density at radius 1 is 1.24 bits per heavy atom. The van der Waals surface area contributed by atoms with Crippen LogP contribution in [0.25, 0.3) is 0 Å². The van der Waals surface area contributed by atoms with Crippen molar-refractivity contribution < 1.29 is 19.1 Å². The summed E-state index contributed by atoms with van der Waals surface area (Å²) in [5.41, 5.74) is 0.801. The van der Waals surface area contributed by atoms with Gasteiger partial charge in [-0.05, 0) is 29.8 Å². The van der Waals surface area contributed by atoms with E-state index in [1.54, 1.807) is 36.4 Å². The monoisotopic (exact) mass is 232 g/mol. The number of ketones is 1. The molecule has 0 aliphatic heterocycles. The molecule has 1 aromatic heterocycles. The maximum atomic E-state index is 11.5. The first-order valence-corrected chi connectivity index (χ1v) is 5.19. The predicted molar refractivity (Wildman–Crippen MR) is 60.9 cm³/mol. The molecule has 4 nitrogen and oxygen atoms in total. The Bertz CT molecular complexity index is 471. The van der Waals surface area contributed by atoms with Gasteiger partial charge in [0.1, 0.15) is 5.75 Å². The number of ether oxygens (including phenoxy) is 1. The SMILES string of the molecule is O=C(COc1ccc(CO)cc1)c1ccco1. The number of Topliss-reactive ketones (excluding diaryl/α,β-unsaturated/α-hetero) is 1. The summed E-state index contributed by atoms with van der Waals surface area (Å²) in [5, 5.41) is 8.86. The molecule has 0 saturated carbocycles. The highest BCUT2D eigenvalue weighted by molar-refractivity contribution is 5.94. The average Bonchev–Trinajstić information content (AvgIpc) is 2.90. The molecule has 0 unspecified atom stereocenters. The molecule has 0 saturated heterocycles. The van der Waals surface area contributed by atoms with Gasteiger partial charge in [0.25, 0.3) is 0 Å². The summed E-state index contributed by atoms with van der Waals surface area (Å²) < 4.78 is 10.3. The quantitative estimate of drug-likeness (QED) is 0.801. The largest absolute Gasteiger partial charge is 0.485 e. The van der Waals surface area contributed by atoms with Crippen LogP contribution in [0.4, 0.5) is 0 Å². The van der Waals surface area contributed by atoms with Gasteiger partial charge in [0.05, 0.1) is 12.9 Å². The van der Waals surface area contributed by atoms with E-state index in [4.69, 9.17) is 14.3 Å². The van der Waals surface area contributed by atoms with Gasteiger partial charge in [-0.15, -0.1) is 0 Å². The third-order valence-corrected chi connectivity index (χ3v) is 2.27. The van der Waals surface area contributed by atoms with Crippen LogP contribution in [0.15, 0.2) is 47.1 Å². The van der Waals surface area contributed by atoms with E-state index in [2.05, 4.69) is 0 Å².